The average Bonchev–Trinajstić information content (AvgIpc) is 2.91. The third-order valence-corrected chi connectivity index (χ3v) is 9.66. The van der Waals surface area contributed by atoms with Crippen molar-refractivity contribution in [2.75, 3.05) is 0 Å². The summed E-state index contributed by atoms with van der Waals surface area (Å²) in [6, 6.07) is 0. The smallest absolute Gasteiger partial charge is 0.344 e. The Labute approximate surface area is 192 Å². The minimum Gasteiger partial charge on any atom is -0.458 e. The van der Waals surface area contributed by atoms with Crippen LogP contribution in [0.1, 0.15) is 54.4 Å². The van der Waals surface area contributed by atoms with Crippen LogP contribution >= 0.6 is 0 Å². The molecule has 0 amide bonds. The molecule has 2 aliphatic carbocycles. The second-order valence-corrected chi connectivity index (χ2v) is 11.0. The maximum absolute atomic E-state index is 13.6. The minimum absolute atomic E-state index is 0.138. The van der Waals surface area contributed by atoms with Gasteiger partial charge in [-0.25, -0.2) is 9.59 Å². The Kier molecular flexibility index (Phi) is 3.91. The molecule has 2 spiro atoms. The largest absolute Gasteiger partial charge is 0.458 e. The van der Waals surface area contributed by atoms with Gasteiger partial charge in [-0.3, -0.25) is 4.79 Å². The monoisotopic (exact) mass is 458 g/mol. The first-order valence-corrected chi connectivity index (χ1v) is 11.3. The Morgan fingerprint density at radius 1 is 1.06 bits per heavy atom. The topological polar surface area (TPSA) is 119 Å². The van der Waals surface area contributed by atoms with E-state index in [0.717, 1.165) is 0 Å². The highest BCUT2D eigenvalue weighted by atomic mass is 16.6. The van der Waals surface area contributed by atoms with Gasteiger partial charge in [0.25, 0.3) is 0 Å². The van der Waals surface area contributed by atoms with Crippen molar-refractivity contribution >= 4 is 17.9 Å². The van der Waals surface area contributed by atoms with Crippen LogP contribution in [-0.2, 0) is 28.6 Å². The normalized spacial score (nSPS) is 49.9. The number of aliphatic hydroxyl groups is 2. The lowest BCUT2D eigenvalue weighted by Gasteiger charge is -2.67. The molecule has 8 heteroatoms. The van der Waals surface area contributed by atoms with E-state index in [-0.39, 0.29) is 5.57 Å². The lowest BCUT2D eigenvalue weighted by molar-refractivity contribution is -0.241. The third kappa shape index (κ3) is 1.94. The molecule has 0 aromatic rings. The molecule has 5 aliphatic rings. The summed E-state index contributed by atoms with van der Waals surface area (Å²) in [6.07, 6.45) is 1.46. The molecule has 0 aromatic carbocycles. The number of hydrogen-bond donors (Lipinski definition) is 2. The van der Waals surface area contributed by atoms with E-state index < -0.39 is 63.2 Å². The van der Waals surface area contributed by atoms with Crippen molar-refractivity contribution in [2.45, 2.75) is 83.4 Å². The SMILES string of the molecule is C=C1[C@]23C(=O)O[C@@H](C)[C@]2(O)C(=O)O[C@@]1(C)[C@H](O)C1=C(C)[C@@]2(C=CC(=O)OC2(C)C)CC[C@]13C. The van der Waals surface area contributed by atoms with Gasteiger partial charge >= 0.3 is 17.9 Å². The number of fused-ring (bicyclic) bond motifs is 2. The molecular weight excluding hydrogens is 428 g/mol. The Morgan fingerprint density at radius 2 is 1.70 bits per heavy atom. The second-order valence-electron chi connectivity index (χ2n) is 11.0. The van der Waals surface area contributed by atoms with Crippen molar-refractivity contribution < 1.29 is 38.8 Å². The van der Waals surface area contributed by atoms with Crippen LogP contribution in [-0.4, -0.2) is 57.1 Å². The molecule has 7 atom stereocenters. The van der Waals surface area contributed by atoms with Crippen LogP contribution in [0.25, 0.3) is 0 Å². The molecule has 3 aliphatic heterocycles. The van der Waals surface area contributed by atoms with E-state index in [2.05, 4.69) is 6.58 Å². The summed E-state index contributed by atoms with van der Waals surface area (Å²) in [5.41, 5.74) is -7.34. The van der Waals surface area contributed by atoms with Gasteiger partial charge in [0.05, 0.1) is 0 Å². The van der Waals surface area contributed by atoms with Crippen LogP contribution in [0, 0.1) is 16.2 Å². The molecule has 0 radical (unpaired) electrons. The zero-order chi connectivity index (χ0) is 24.6. The number of esters is 3. The van der Waals surface area contributed by atoms with E-state index in [1.165, 1.54) is 19.9 Å². The number of carbonyl (C=O) groups excluding carboxylic acids is 3. The van der Waals surface area contributed by atoms with Gasteiger partial charge in [0.1, 0.15) is 23.2 Å². The summed E-state index contributed by atoms with van der Waals surface area (Å²) in [6.45, 7) is 14.4. The molecule has 8 nitrogen and oxygen atoms in total. The minimum atomic E-state index is -2.30. The van der Waals surface area contributed by atoms with Crippen LogP contribution in [0.4, 0.5) is 0 Å². The summed E-state index contributed by atoms with van der Waals surface area (Å²) in [4.78, 5) is 38.9. The summed E-state index contributed by atoms with van der Waals surface area (Å²) in [7, 11) is 0. The van der Waals surface area contributed by atoms with Crippen molar-refractivity contribution in [3.05, 3.63) is 35.5 Å². The summed E-state index contributed by atoms with van der Waals surface area (Å²) < 4.78 is 16.9. The number of cyclic esters (lactones) is 2. The first kappa shape index (κ1) is 22.3. The zero-order valence-corrected chi connectivity index (χ0v) is 19.8. The van der Waals surface area contributed by atoms with Crippen molar-refractivity contribution in [2.24, 2.45) is 16.2 Å². The number of carbonyl (C=O) groups is 3. The lowest BCUT2D eigenvalue weighted by Crippen LogP contribution is -2.78. The number of ether oxygens (including phenoxy) is 3. The highest BCUT2D eigenvalue weighted by molar-refractivity contribution is 6.01. The molecule has 5 rings (SSSR count). The van der Waals surface area contributed by atoms with Gasteiger partial charge < -0.3 is 24.4 Å². The maximum atomic E-state index is 13.6. The van der Waals surface area contributed by atoms with Crippen LogP contribution < -0.4 is 0 Å². The summed E-state index contributed by atoms with van der Waals surface area (Å²) >= 11 is 0. The van der Waals surface area contributed by atoms with Crippen molar-refractivity contribution in [3.63, 3.8) is 0 Å². The summed E-state index contributed by atoms with van der Waals surface area (Å²) in [5.74, 6) is -2.20. The first-order valence-electron chi connectivity index (χ1n) is 11.3. The van der Waals surface area contributed by atoms with Crippen molar-refractivity contribution in [3.8, 4) is 0 Å². The molecule has 2 N–H and O–H groups in total. The van der Waals surface area contributed by atoms with Crippen LogP contribution in [0.3, 0.4) is 0 Å². The van der Waals surface area contributed by atoms with Gasteiger partial charge in [-0.2, -0.15) is 0 Å². The first-order chi connectivity index (χ1) is 15.1. The molecule has 0 unspecified atom stereocenters. The lowest BCUT2D eigenvalue weighted by atomic mass is 9.38. The fourth-order valence-corrected chi connectivity index (χ4v) is 7.71. The predicted octanol–water partition coefficient (Wildman–Crippen LogP) is 1.89. The van der Waals surface area contributed by atoms with E-state index in [1.807, 2.05) is 20.8 Å². The molecule has 178 valence electrons. The van der Waals surface area contributed by atoms with E-state index in [4.69, 9.17) is 14.2 Å². The molecule has 33 heavy (non-hydrogen) atoms. The van der Waals surface area contributed by atoms with Crippen molar-refractivity contribution in [1.82, 2.24) is 0 Å². The third-order valence-electron chi connectivity index (χ3n) is 9.66. The average molecular weight is 459 g/mol. The van der Waals surface area contributed by atoms with Gasteiger partial charge in [0.15, 0.2) is 5.60 Å². The molecule has 1 saturated carbocycles. The maximum Gasteiger partial charge on any atom is 0.344 e. The zero-order valence-electron chi connectivity index (χ0n) is 19.8. The Balaban J connectivity index is 1.89. The summed E-state index contributed by atoms with van der Waals surface area (Å²) in [5, 5.41) is 23.6. The predicted molar refractivity (Wildman–Crippen MR) is 114 cm³/mol. The Hall–Kier alpha value is -2.45. The van der Waals surface area contributed by atoms with E-state index in [9.17, 15) is 24.6 Å². The number of aliphatic hydroxyl groups excluding tert-OH is 1. The number of rotatable bonds is 0. The van der Waals surface area contributed by atoms with Gasteiger partial charge in [0, 0.05) is 16.9 Å². The van der Waals surface area contributed by atoms with Crippen LogP contribution in [0.15, 0.2) is 35.5 Å². The highest BCUT2D eigenvalue weighted by Crippen LogP contribution is 2.74. The Morgan fingerprint density at radius 3 is 2.30 bits per heavy atom. The molecule has 3 fully saturated rings. The van der Waals surface area contributed by atoms with Crippen LogP contribution in [0.5, 0.6) is 0 Å². The quantitative estimate of drug-likeness (QED) is 0.321. The molecule has 2 bridgehead atoms. The van der Waals surface area contributed by atoms with Gasteiger partial charge in [0.2, 0.25) is 5.60 Å². The molecule has 0 aromatic heterocycles. The van der Waals surface area contributed by atoms with Crippen LogP contribution in [0.2, 0.25) is 0 Å². The van der Waals surface area contributed by atoms with Gasteiger partial charge in [-0.05, 0) is 58.6 Å². The van der Waals surface area contributed by atoms with Gasteiger partial charge in [-0.15, -0.1) is 0 Å². The van der Waals surface area contributed by atoms with E-state index >= 15 is 0 Å². The van der Waals surface area contributed by atoms with E-state index in [0.29, 0.717) is 24.0 Å². The highest BCUT2D eigenvalue weighted by Gasteiger charge is 2.87. The second kappa shape index (κ2) is 5.78. The van der Waals surface area contributed by atoms with Crippen molar-refractivity contribution in [1.29, 1.82) is 0 Å². The standard InChI is InChI=1S/C25H30O8/c1-12-16-17(27)22(7)13(2)24(18(28)31-14(3)25(24,30)19(29)33-22)21(16,6)10-11-23(12)9-8-15(26)32-20(23,4)5/h8-9,14,17,27,30H,2,10-11H2,1,3-7H3/t14-,17+,21+,22+,23+,24+,25-/m0/s1. The fraction of sp³-hybridized carbons (Fsp3) is 0.640. The molecular formula is C25H30O8. The molecule has 3 heterocycles. The van der Waals surface area contributed by atoms with Gasteiger partial charge in [-0.1, -0.05) is 25.2 Å². The fourth-order valence-electron chi connectivity index (χ4n) is 7.71. The number of hydrogen-bond acceptors (Lipinski definition) is 8. The Bertz CT molecular complexity index is 1120. The molecule has 2 saturated heterocycles. The van der Waals surface area contributed by atoms with E-state index in [1.54, 1.807) is 13.0 Å².